The number of hydrogen-bond donors (Lipinski definition) is 1. The molecule has 0 spiro atoms. The van der Waals surface area contributed by atoms with Crippen LogP contribution in [0.25, 0.3) is 10.2 Å². The summed E-state index contributed by atoms with van der Waals surface area (Å²) in [6.07, 6.45) is 0. The fraction of sp³-hybridized carbons (Fsp3) is 0.0625. The first-order valence-electron chi connectivity index (χ1n) is 6.80. The van der Waals surface area contributed by atoms with Gasteiger partial charge >= 0.3 is 0 Å². The van der Waals surface area contributed by atoms with Gasteiger partial charge in [-0.05, 0) is 36.4 Å². The van der Waals surface area contributed by atoms with Gasteiger partial charge in [-0.15, -0.1) is 11.3 Å². The molecule has 3 rings (SSSR count). The molecule has 4 nitrogen and oxygen atoms in total. The molecule has 2 aromatic carbocycles. The highest BCUT2D eigenvalue weighted by Gasteiger charge is 2.10. The number of nitrogens with zero attached hydrogens (tertiary/aromatic N) is 3. The minimum absolute atomic E-state index is 0.169. The van der Waals surface area contributed by atoms with E-state index >= 15 is 0 Å². The van der Waals surface area contributed by atoms with Crippen LogP contribution >= 0.6 is 23.1 Å². The van der Waals surface area contributed by atoms with Crippen LogP contribution in [-0.2, 0) is 0 Å². The molecular formula is C16H10F2N4S2. The molecule has 8 heteroatoms. The highest BCUT2D eigenvalue weighted by Crippen LogP contribution is 2.26. The fourth-order valence-electron chi connectivity index (χ4n) is 1.93. The third-order valence-corrected chi connectivity index (χ3v) is 4.74. The highest BCUT2D eigenvalue weighted by molar-refractivity contribution is 7.99. The number of benzene rings is 2. The first kappa shape index (κ1) is 16.4. The number of halogens is 2. The maximum Gasteiger partial charge on any atom is 0.288 e. The zero-order valence-electron chi connectivity index (χ0n) is 12.1. The van der Waals surface area contributed by atoms with Crippen molar-refractivity contribution in [3.8, 4) is 6.07 Å². The lowest BCUT2D eigenvalue weighted by Crippen LogP contribution is -2.01. The smallest absolute Gasteiger partial charge is 0.277 e. The maximum absolute atomic E-state index is 12.3. The number of rotatable bonds is 5. The molecule has 0 aliphatic heterocycles. The van der Waals surface area contributed by atoms with Crippen molar-refractivity contribution in [2.24, 2.45) is 5.10 Å². The van der Waals surface area contributed by atoms with Crippen molar-refractivity contribution in [1.82, 2.24) is 4.98 Å². The summed E-state index contributed by atoms with van der Waals surface area (Å²) >= 11 is 1.86. The number of alkyl halides is 2. The molecule has 0 saturated heterocycles. The molecule has 0 aliphatic carbocycles. The molecule has 1 aromatic heterocycles. The van der Waals surface area contributed by atoms with Gasteiger partial charge in [0.15, 0.2) is 10.7 Å². The molecule has 120 valence electrons. The average molecular weight is 360 g/mol. The Bertz CT molecular complexity index is 881. The Balaban J connectivity index is 1.77. The predicted octanol–water partition coefficient (Wildman–Crippen LogP) is 4.95. The van der Waals surface area contributed by atoms with Crippen LogP contribution in [0.4, 0.5) is 14.5 Å². The maximum atomic E-state index is 12.3. The van der Waals surface area contributed by atoms with E-state index in [0.717, 1.165) is 10.2 Å². The van der Waals surface area contributed by atoms with Gasteiger partial charge in [0, 0.05) is 4.90 Å². The third kappa shape index (κ3) is 3.88. The number of anilines is 1. The number of hydrogen-bond acceptors (Lipinski definition) is 6. The van der Waals surface area contributed by atoms with Crippen molar-refractivity contribution < 1.29 is 8.78 Å². The van der Waals surface area contributed by atoms with Gasteiger partial charge in [0.2, 0.25) is 0 Å². The minimum atomic E-state index is -2.45. The van der Waals surface area contributed by atoms with E-state index in [1.54, 1.807) is 24.3 Å². The Morgan fingerprint density at radius 1 is 1.21 bits per heavy atom. The molecule has 24 heavy (non-hydrogen) atoms. The number of thioether (sulfide) groups is 1. The van der Waals surface area contributed by atoms with Gasteiger partial charge in [0.25, 0.3) is 5.76 Å². The second-order valence-electron chi connectivity index (χ2n) is 4.57. The molecule has 0 atom stereocenters. The fourth-order valence-corrected chi connectivity index (χ4v) is 3.33. The van der Waals surface area contributed by atoms with Crippen LogP contribution < -0.4 is 5.43 Å². The van der Waals surface area contributed by atoms with Crippen LogP contribution in [0, 0.1) is 11.3 Å². The number of para-hydroxylation sites is 1. The minimum Gasteiger partial charge on any atom is -0.277 e. The summed E-state index contributed by atoms with van der Waals surface area (Å²) in [7, 11) is 0. The van der Waals surface area contributed by atoms with Crippen molar-refractivity contribution >= 4 is 44.7 Å². The third-order valence-electron chi connectivity index (χ3n) is 2.98. The molecule has 0 aliphatic rings. The van der Waals surface area contributed by atoms with Gasteiger partial charge in [-0.25, -0.2) is 4.98 Å². The van der Waals surface area contributed by atoms with Crippen molar-refractivity contribution in [2.45, 2.75) is 10.7 Å². The quantitative estimate of drug-likeness (QED) is 0.397. The lowest BCUT2D eigenvalue weighted by molar-refractivity contribution is 0.252. The average Bonchev–Trinajstić information content (AvgIpc) is 3.00. The van der Waals surface area contributed by atoms with Crippen LogP contribution in [0.2, 0.25) is 0 Å². The molecule has 0 bridgehead atoms. The molecule has 1 N–H and O–H groups in total. The van der Waals surface area contributed by atoms with Gasteiger partial charge < -0.3 is 0 Å². The zero-order valence-corrected chi connectivity index (χ0v) is 13.7. The Hall–Kier alpha value is -2.50. The standard InChI is InChI=1S/C16H10F2N4S2/c17-16(18)23-11-7-5-10(6-8-11)21-22-13(9-19)15-20-12-3-1-2-4-14(12)24-15/h1-8,16,21H. The summed E-state index contributed by atoms with van der Waals surface area (Å²) in [6, 6.07) is 16.0. The topological polar surface area (TPSA) is 61.1 Å². The number of fused-ring (bicyclic) bond motifs is 1. The SMILES string of the molecule is N#CC(=NNc1ccc(SC(F)F)cc1)c1nc2ccccc2s1. The van der Waals surface area contributed by atoms with E-state index in [0.29, 0.717) is 27.4 Å². The number of thiazole rings is 1. The Morgan fingerprint density at radius 2 is 1.96 bits per heavy atom. The zero-order chi connectivity index (χ0) is 16.9. The normalized spacial score (nSPS) is 11.7. The lowest BCUT2D eigenvalue weighted by atomic mass is 10.3. The van der Waals surface area contributed by atoms with Crippen LogP contribution in [0.1, 0.15) is 5.01 Å². The van der Waals surface area contributed by atoms with Crippen LogP contribution in [0.15, 0.2) is 58.5 Å². The first-order valence-corrected chi connectivity index (χ1v) is 8.50. The van der Waals surface area contributed by atoms with E-state index in [4.69, 9.17) is 0 Å². The molecule has 0 amide bonds. The van der Waals surface area contributed by atoms with E-state index < -0.39 is 5.76 Å². The van der Waals surface area contributed by atoms with Gasteiger partial charge in [-0.3, -0.25) is 5.43 Å². The number of hydrazone groups is 1. The van der Waals surface area contributed by atoms with E-state index in [1.807, 2.05) is 30.3 Å². The second kappa shape index (κ2) is 7.38. The van der Waals surface area contributed by atoms with Crippen LogP contribution in [-0.4, -0.2) is 16.5 Å². The molecule has 1 heterocycles. The van der Waals surface area contributed by atoms with Crippen molar-refractivity contribution in [1.29, 1.82) is 5.26 Å². The second-order valence-corrected chi connectivity index (χ2v) is 6.67. The molecule has 0 unspecified atom stereocenters. The Kier molecular flexibility index (Phi) is 5.03. The summed E-state index contributed by atoms with van der Waals surface area (Å²) in [5.74, 6) is -2.45. The van der Waals surface area contributed by atoms with E-state index in [9.17, 15) is 14.0 Å². The first-order chi connectivity index (χ1) is 11.7. The molecule has 0 saturated carbocycles. The Morgan fingerprint density at radius 3 is 2.62 bits per heavy atom. The number of aromatic nitrogens is 1. The van der Waals surface area contributed by atoms with Crippen LogP contribution in [0.5, 0.6) is 0 Å². The lowest BCUT2D eigenvalue weighted by Gasteiger charge is -2.03. The molecule has 0 radical (unpaired) electrons. The largest absolute Gasteiger partial charge is 0.288 e. The molecule has 0 fully saturated rings. The van der Waals surface area contributed by atoms with Gasteiger partial charge in [0.1, 0.15) is 6.07 Å². The summed E-state index contributed by atoms with van der Waals surface area (Å²) in [5.41, 5.74) is 4.34. The summed E-state index contributed by atoms with van der Waals surface area (Å²) < 4.78 is 25.5. The summed E-state index contributed by atoms with van der Waals surface area (Å²) in [6.45, 7) is 0. The van der Waals surface area contributed by atoms with Crippen molar-refractivity contribution in [2.75, 3.05) is 5.43 Å². The summed E-state index contributed by atoms with van der Waals surface area (Å²) in [4.78, 5) is 4.85. The number of nitrogens with one attached hydrogen (secondary N) is 1. The Labute approximate surface area is 144 Å². The van der Waals surface area contributed by atoms with E-state index in [-0.39, 0.29) is 5.71 Å². The van der Waals surface area contributed by atoms with Crippen molar-refractivity contribution in [3.05, 3.63) is 53.5 Å². The highest BCUT2D eigenvalue weighted by atomic mass is 32.2. The number of nitriles is 1. The van der Waals surface area contributed by atoms with Gasteiger partial charge in [0.05, 0.1) is 15.9 Å². The predicted molar refractivity (Wildman–Crippen MR) is 93.7 cm³/mol. The van der Waals surface area contributed by atoms with Crippen LogP contribution in [0.3, 0.4) is 0 Å². The monoisotopic (exact) mass is 360 g/mol. The van der Waals surface area contributed by atoms with Gasteiger partial charge in [-0.1, -0.05) is 23.9 Å². The summed E-state index contributed by atoms with van der Waals surface area (Å²) in [5, 5.41) is 13.9. The van der Waals surface area contributed by atoms with Crippen molar-refractivity contribution in [3.63, 3.8) is 0 Å². The van der Waals surface area contributed by atoms with E-state index in [2.05, 4.69) is 15.5 Å². The molecular weight excluding hydrogens is 350 g/mol. The molecule has 3 aromatic rings. The van der Waals surface area contributed by atoms with Gasteiger partial charge in [-0.2, -0.15) is 19.1 Å². The van der Waals surface area contributed by atoms with E-state index in [1.165, 1.54) is 11.3 Å².